The molecular weight excluding hydrogens is 226 g/mol. The SMILES string of the molecule is CC(C)COC1CC(NCC2(O)CCC2)C1(C)C. The molecule has 3 heteroatoms. The van der Waals surface area contributed by atoms with Gasteiger partial charge in [-0.2, -0.15) is 0 Å². The molecule has 2 atom stereocenters. The third-order valence-corrected chi connectivity index (χ3v) is 4.77. The Morgan fingerprint density at radius 2 is 2.00 bits per heavy atom. The van der Waals surface area contributed by atoms with Crippen LogP contribution in [0.5, 0.6) is 0 Å². The van der Waals surface area contributed by atoms with Crippen LogP contribution in [0.25, 0.3) is 0 Å². The molecule has 2 fully saturated rings. The number of nitrogens with one attached hydrogen (secondary N) is 1. The lowest BCUT2D eigenvalue weighted by molar-refractivity contribution is -0.130. The first kappa shape index (κ1) is 14.3. The molecule has 0 bridgehead atoms. The Morgan fingerprint density at radius 1 is 1.33 bits per heavy atom. The lowest BCUT2D eigenvalue weighted by Gasteiger charge is -2.53. The molecule has 2 unspecified atom stereocenters. The summed E-state index contributed by atoms with van der Waals surface area (Å²) < 4.78 is 5.95. The number of rotatable bonds is 6. The molecule has 0 spiro atoms. The second kappa shape index (κ2) is 5.10. The number of hydrogen-bond donors (Lipinski definition) is 2. The Bertz CT molecular complexity index is 284. The second-order valence-corrected chi connectivity index (χ2v) is 7.28. The van der Waals surface area contributed by atoms with Crippen LogP contribution in [0.15, 0.2) is 0 Å². The highest BCUT2D eigenvalue weighted by Gasteiger charge is 2.49. The van der Waals surface area contributed by atoms with E-state index in [2.05, 4.69) is 33.0 Å². The van der Waals surface area contributed by atoms with Crippen LogP contribution in [0.4, 0.5) is 0 Å². The Balaban J connectivity index is 1.72. The topological polar surface area (TPSA) is 41.5 Å². The molecule has 0 amide bonds. The molecule has 0 aromatic heterocycles. The van der Waals surface area contributed by atoms with Crippen molar-refractivity contribution in [2.45, 2.75) is 71.1 Å². The average molecular weight is 255 g/mol. The van der Waals surface area contributed by atoms with Gasteiger partial charge in [0.05, 0.1) is 11.7 Å². The van der Waals surface area contributed by atoms with Crippen molar-refractivity contribution in [1.29, 1.82) is 0 Å². The summed E-state index contributed by atoms with van der Waals surface area (Å²) in [5.41, 5.74) is -0.227. The summed E-state index contributed by atoms with van der Waals surface area (Å²) in [6.07, 6.45) is 4.54. The highest BCUT2D eigenvalue weighted by Crippen LogP contribution is 2.43. The van der Waals surface area contributed by atoms with Crippen molar-refractivity contribution in [3.63, 3.8) is 0 Å². The van der Waals surface area contributed by atoms with E-state index in [1.54, 1.807) is 0 Å². The molecule has 0 heterocycles. The van der Waals surface area contributed by atoms with Crippen molar-refractivity contribution < 1.29 is 9.84 Å². The average Bonchev–Trinajstić information content (AvgIpc) is 2.24. The zero-order chi connectivity index (χ0) is 13.4. The molecule has 2 N–H and O–H groups in total. The maximum absolute atomic E-state index is 10.1. The standard InChI is InChI=1S/C15H29NO2/c1-11(2)9-18-13-8-12(14(13,3)4)16-10-15(17)6-5-7-15/h11-13,16-17H,5-10H2,1-4H3. The van der Waals surface area contributed by atoms with Crippen LogP contribution in [0.3, 0.4) is 0 Å². The van der Waals surface area contributed by atoms with Gasteiger partial charge in [-0.05, 0) is 31.6 Å². The number of hydrogen-bond acceptors (Lipinski definition) is 3. The molecular formula is C15H29NO2. The first-order chi connectivity index (χ1) is 8.33. The van der Waals surface area contributed by atoms with Gasteiger partial charge in [-0.15, -0.1) is 0 Å². The Hall–Kier alpha value is -0.120. The maximum atomic E-state index is 10.1. The lowest BCUT2D eigenvalue weighted by atomic mass is 9.64. The van der Waals surface area contributed by atoms with Gasteiger partial charge in [-0.1, -0.05) is 27.7 Å². The van der Waals surface area contributed by atoms with Gasteiger partial charge in [0, 0.05) is 24.6 Å². The Kier molecular flexibility index (Phi) is 4.05. The van der Waals surface area contributed by atoms with Gasteiger partial charge < -0.3 is 15.2 Å². The summed E-state index contributed by atoms with van der Waals surface area (Å²) in [5, 5.41) is 13.6. The maximum Gasteiger partial charge on any atom is 0.0771 e. The minimum absolute atomic E-state index is 0.189. The van der Waals surface area contributed by atoms with E-state index in [1.807, 2.05) is 0 Å². The van der Waals surface area contributed by atoms with Crippen LogP contribution in [0, 0.1) is 11.3 Å². The molecule has 2 saturated carbocycles. The Morgan fingerprint density at radius 3 is 2.44 bits per heavy atom. The van der Waals surface area contributed by atoms with Crippen LogP contribution in [0.2, 0.25) is 0 Å². The van der Waals surface area contributed by atoms with E-state index in [9.17, 15) is 5.11 Å². The second-order valence-electron chi connectivity index (χ2n) is 7.28. The summed E-state index contributed by atoms with van der Waals surface area (Å²) in [6.45, 7) is 10.5. The molecule has 0 aromatic rings. The van der Waals surface area contributed by atoms with E-state index in [0.29, 0.717) is 18.1 Å². The molecule has 2 aliphatic rings. The molecule has 0 aromatic carbocycles. The van der Waals surface area contributed by atoms with E-state index in [4.69, 9.17) is 4.74 Å². The highest BCUT2D eigenvalue weighted by atomic mass is 16.5. The van der Waals surface area contributed by atoms with Crippen molar-refractivity contribution >= 4 is 0 Å². The monoisotopic (exact) mass is 255 g/mol. The summed E-state index contributed by atoms with van der Waals surface area (Å²) in [5.74, 6) is 0.600. The number of aliphatic hydroxyl groups is 1. The van der Waals surface area contributed by atoms with Crippen LogP contribution in [-0.2, 0) is 4.74 Å². The first-order valence-corrected chi connectivity index (χ1v) is 7.41. The predicted octanol–water partition coefficient (Wildman–Crippen LogP) is 2.33. The summed E-state index contributed by atoms with van der Waals surface area (Å²) >= 11 is 0. The molecule has 0 aliphatic heterocycles. The minimum Gasteiger partial charge on any atom is -0.389 e. The normalized spacial score (nSPS) is 33.0. The van der Waals surface area contributed by atoms with Gasteiger partial charge in [0.15, 0.2) is 0 Å². The molecule has 0 radical (unpaired) electrons. The van der Waals surface area contributed by atoms with Gasteiger partial charge >= 0.3 is 0 Å². The van der Waals surface area contributed by atoms with Crippen molar-refractivity contribution in [2.24, 2.45) is 11.3 Å². The van der Waals surface area contributed by atoms with Crippen molar-refractivity contribution in [1.82, 2.24) is 5.32 Å². The molecule has 2 aliphatic carbocycles. The van der Waals surface area contributed by atoms with E-state index in [1.165, 1.54) is 6.42 Å². The third-order valence-electron chi connectivity index (χ3n) is 4.77. The fourth-order valence-electron chi connectivity index (χ4n) is 2.90. The third kappa shape index (κ3) is 2.89. The quantitative estimate of drug-likeness (QED) is 0.765. The smallest absolute Gasteiger partial charge is 0.0771 e. The largest absolute Gasteiger partial charge is 0.389 e. The fraction of sp³-hybridized carbons (Fsp3) is 1.00. The highest BCUT2D eigenvalue weighted by molar-refractivity contribution is 5.04. The zero-order valence-corrected chi connectivity index (χ0v) is 12.3. The van der Waals surface area contributed by atoms with Crippen molar-refractivity contribution in [3.8, 4) is 0 Å². The van der Waals surface area contributed by atoms with E-state index < -0.39 is 5.60 Å². The van der Waals surface area contributed by atoms with Crippen LogP contribution >= 0.6 is 0 Å². The van der Waals surface area contributed by atoms with Crippen molar-refractivity contribution in [3.05, 3.63) is 0 Å². The van der Waals surface area contributed by atoms with Crippen LogP contribution < -0.4 is 5.32 Å². The fourth-order valence-corrected chi connectivity index (χ4v) is 2.90. The summed E-state index contributed by atoms with van der Waals surface area (Å²) in [7, 11) is 0. The van der Waals surface area contributed by atoms with E-state index in [-0.39, 0.29) is 5.41 Å². The van der Waals surface area contributed by atoms with Crippen molar-refractivity contribution in [2.75, 3.05) is 13.2 Å². The zero-order valence-electron chi connectivity index (χ0n) is 12.3. The van der Waals surface area contributed by atoms with Gasteiger partial charge in [-0.25, -0.2) is 0 Å². The lowest BCUT2D eigenvalue weighted by Crippen LogP contribution is -2.63. The predicted molar refractivity (Wildman–Crippen MR) is 73.6 cm³/mol. The summed E-state index contributed by atoms with van der Waals surface area (Å²) in [6, 6.07) is 0.485. The molecule has 0 saturated heterocycles. The number of ether oxygens (including phenoxy) is 1. The van der Waals surface area contributed by atoms with Gasteiger partial charge in [0.2, 0.25) is 0 Å². The van der Waals surface area contributed by atoms with E-state index >= 15 is 0 Å². The van der Waals surface area contributed by atoms with E-state index in [0.717, 1.165) is 32.4 Å². The minimum atomic E-state index is -0.417. The van der Waals surface area contributed by atoms with Crippen LogP contribution in [-0.4, -0.2) is 36.0 Å². The molecule has 18 heavy (non-hydrogen) atoms. The van der Waals surface area contributed by atoms with Gasteiger partial charge in [0.25, 0.3) is 0 Å². The Labute approximate surface area is 111 Å². The van der Waals surface area contributed by atoms with Gasteiger partial charge in [0.1, 0.15) is 0 Å². The molecule has 106 valence electrons. The van der Waals surface area contributed by atoms with Crippen LogP contribution in [0.1, 0.15) is 53.4 Å². The molecule has 2 rings (SSSR count). The first-order valence-electron chi connectivity index (χ1n) is 7.41. The summed E-state index contributed by atoms with van der Waals surface area (Å²) in [4.78, 5) is 0. The van der Waals surface area contributed by atoms with Gasteiger partial charge in [-0.3, -0.25) is 0 Å². The molecule has 3 nitrogen and oxygen atoms in total.